The molecular formula is C20H17FO4. The lowest BCUT2D eigenvalue weighted by molar-refractivity contribution is -0.133. The number of aliphatic carboxylic acids is 2. The second kappa shape index (κ2) is 7.57. The fourth-order valence-electron chi connectivity index (χ4n) is 2.20. The van der Waals surface area contributed by atoms with Gasteiger partial charge in [0.2, 0.25) is 0 Å². The number of hydrogen-bond acceptors (Lipinski definition) is 2. The molecule has 0 atom stereocenters. The van der Waals surface area contributed by atoms with Gasteiger partial charge in [-0.3, -0.25) is 0 Å². The minimum Gasteiger partial charge on any atom is -0.478 e. The molecule has 0 aliphatic heterocycles. The molecule has 128 valence electrons. The summed E-state index contributed by atoms with van der Waals surface area (Å²) in [4.78, 5) is 21.7. The summed E-state index contributed by atoms with van der Waals surface area (Å²) in [5.41, 5.74) is 2.64. The van der Waals surface area contributed by atoms with E-state index >= 15 is 0 Å². The van der Waals surface area contributed by atoms with Crippen LogP contribution in [0.5, 0.6) is 0 Å². The standard InChI is InChI=1S/C20H17FO4/c1-12(19(22)23)9-14-3-5-15(6-4-14)16-7-8-17(18(21)11-16)10-13(2)20(24)25/h3-11H,1-2H3,(H,22,23)(H,24,25). The molecule has 0 saturated carbocycles. The van der Waals surface area contributed by atoms with Crippen molar-refractivity contribution in [2.75, 3.05) is 0 Å². The van der Waals surface area contributed by atoms with Gasteiger partial charge in [0.05, 0.1) is 0 Å². The van der Waals surface area contributed by atoms with Gasteiger partial charge in [-0.1, -0.05) is 36.4 Å². The highest BCUT2D eigenvalue weighted by Gasteiger charge is 2.07. The molecule has 4 nitrogen and oxygen atoms in total. The highest BCUT2D eigenvalue weighted by molar-refractivity contribution is 5.92. The molecule has 2 aromatic rings. The average Bonchev–Trinajstić information content (AvgIpc) is 2.57. The minimum absolute atomic E-state index is 0.0524. The third kappa shape index (κ3) is 4.64. The molecule has 0 aromatic heterocycles. The Labute approximate surface area is 144 Å². The third-order valence-corrected chi connectivity index (χ3v) is 3.67. The first kappa shape index (κ1) is 18.1. The monoisotopic (exact) mass is 340 g/mol. The van der Waals surface area contributed by atoms with Gasteiger partial charge in [-0.15, -0.1) is 0 Å². The van der Waals surface area contributed by atoms with Crippen LogP contribution in [-0.2, 0) is 9.59 Å². The van der Waals surface area contributed by atoms with Gasteiger partial charge < -0.3 is 10.2 Å². The van der Waals surface area contributed by atoms with Gasteiger partial charge >= 0.3 is 11.9 Å². The Morgan fingerprint density at radius 3 is 1.88 bits per heavy atom. The highest BCUT2D eigenvalue weighted by Crippen LogP contribution is 2.24. The SMILES string of the molecule is CC(=Cc1ccc(-c2ccc(C=C(C)C(=O)O)c(F)c2)cc1)C(=O)O. The summed E-state index contributed by atoms with van der Waals surface area (Å²) in [5, 5.41) is 17.7. The molecule has 0 aliphatic carbocycles. The van der Waals surface area contributed by atoms with E-state index in [4.69, 9.17) is 10.2 Å². The van der Waals surface area contributed by atoms with Crippen LogP contribution in [0, 0.1) is 5.82 Å². The number of benzene rings is 2. The molecule has 2 N–H and O–H groups in total. The fraction of sp³-hybridized carbons (Fsp3) is 0.100. The summed E-state index contributed by atoms with van der Waals surface area (Å²) >= 11 is 0. The fourth-order valence-corrected chi connectivity index (χ4v) is 2.20. The molecule has 0 radical (unpaired) electrons. The quantitative estimate of drug-likeness (QED) is 0.788. The van der Waals surface area contributed by atoms with Gasteiger partial charge in [0.15, 0.2) is 0 Å². The smallest absolute Gasteiger partial charge is 0.331 e. The predicted molar refractivity (Wildman–Crippen MR) is 94.4 cm³/mol. The first-order valence-corrected chi connectivity index (χ1v) is 7.51. The molecule has 0 fully saturated rings. The Kier molecular flexibility index (Phi) is 5.49. The Balaban J connectivity index is 2.29. The highest BCUT2D eigenvalue weighted by atomic mass is 19.1. The zero-order valence-electron chi connectivity index (χ0n) is 13.8. The molecule has 0 amide bonds. The third-order valence-electron chi connectivity index (χ3n) is 3.67. The zero-order chi connectivity index (χ0) is 18.6. The predicted octanol–water partition coefficient (Wildman–Crippen LogP) is 4.47. The maximum absolute atomic E-state index is 14.2. The summed E-state index contributed by atoms with van der Waals surface area (Å²) in [7, 11) is 0. The topological polar surface area (TPSA) is 74.6 Å². The first-order valence-electron chi connectivity index (χ1n) is 7.51. The maximum Gasteiger partial charge on any atom is 0.331 e. The van der Waals surface area contributed by atoms with Crippen molar-refractivity contribution in [3.8, 4) is 11.1 Å². The lowest BCUT2D eigenvalue weighted by atomic mass is 10.0. The van der Waals surface area contributed by atoms with E-state index in [1.807, 2.05) is 0 Å². The maximum atomic E-state index is 14.2. The Morgan fingerprint density at radius 1 is 0.840 bits per heavy atom. The molecule has 2 aromatic carbocycles. The van der Waals surface area contributed by atoms with Crippen molar-refractivity contribution in [3.05, 3.63) is 70.6 Å². The summed E-state index contributed by atoms with van der Waals surface area (Å²) in [6, 6.07) is 11.6. The minimum atomic E-state index is -1.09. The van der Waals surface area contributed by atoms with E-state index in [2.05, 4.69) is 0 Å². The Morgan fingerprint density at radius 2 is 1.36 bits per heavy atom. The van der Waals surface area contributed by atoms with Crippen LogP contribution in [0.25, 0.3) is 23.3 Å². The summed E-state index contributed by atoms with van der Waals surface area (Å²) < 4.78 is 14.2. The number of hydrogen-bond donors (Lipinski definition) is 2. The molecule has 5 heteroatoms. The molecule has 0 spiro atoms. The van der Waals surface area contributed by atoms with Crippen molar-refractivity contribution in [1.82, 2.24) is 0 Å². The number of carboxylic acids is 2. The molecule has 0 saturated heterocycles. The first-order chi connectivity index (χ1) is 11.8. The van der Waals surface area contributed by atoms with Crippen molar-refractivity contribution >= 4 is 24.1 Å². The van der Waals surface area contributed by atoms with Crippen LogP contribution in [0.2, 0.25) is 0 Å². The second-order valence-corrected chi connectivity index (χ2v) is 5.62. The van der Waals surface area contributed by atoms with Crippen molar-refractivity contribution in [2.45, 2.75) is 13.8 Å². The van der Waals surface area contributed by atoms with Gasteiger partial charge in [0.1, 0.15) is 5.82 Å². The van der Waals surface area contributed by atoms with Crippen molar-refractivity contribution in [2.24, 2.45) is 0 Å². The van der Waals surface area contributed by atoms with E-state index in [1.54, 1.807) is 36.4 Å². The van der Waals surface area contributed by atoms with Gasteiger partial charge in [0, 0.05) is 16.7 Å². The Hall–Kier alpha value is -3.21. The molecule has 0 heterocycles. The Bertz CT molecular complexity index is 877. The normalized spacial score (nSPS) is 12.1. The summed E-state index contributed by atoms with van der Waals surface area (Å²) in [5.74, 6) is -2.58. The van der Waals surface area contributed by atoms with Gasteiger partial charge in [-0.05, 0) is 48.8 Å². The van der Waals surface area contributed by atoms with Crippen LogP contribution in [0.4, 0.5) is 4.39 Å². The van der Waals surface area contributed by atoms with Gasteiger partial charge in [0.25, 0.3) is 0 Å². The van der Waals surface area contributed by atoms with Gasteiger partial charge in [-0.2, -0.15) is 0 Å². The number of carbonyl (C=O) groups is 2. The largest absolute Gasteiger partial charge is 0.478 e. The van der Waals surface area contributed by atoms with E-state index in [1.165, 1.54) is 32.1 Å². The van der Waals surface area contributed by atoms with Crippen LogP contribution in [0.15, 0.2) is 53.6 Å². The number of carboxylic acid groups (broad SMARTS) is 2. The van der Waals surface area contributed by atoms with E-state index in [0.29, 0.717) is 5.56 Å². The molecule has 25 heavy (non-hydrogen) atoms. The van der Waals surface area contributed by atoms with Crippen LogP contribution in [0.1, 0.15) is 25.0 Å². The van der Waals surface area contributed by atoms with Crippen LogP contribution >= 0.6 is 0 Å². The average molecular weight is 340 g/mol. The number of rotatable bonds is 5. The van der Waals surface area contributed by atoms with Crippen molar-refractivity contribution < 1.29 is 24.2 Å². The van der Waals surface area contributed by atoms with Crippen LogP contribution in [0.3, 0.4) is 0 Å². The second-order valence-electron chi connectivity index (χ2n) is 5.62. The van der Waals surface area contributed by atoms with E-state index < -0.39 is 17.8 Å². The molecule has 0 unspecified atom stereocenters. The molecule has 0 bridgehead atoms. The zero-order valence-corrected chi connectivity index (χ0v) is 13.8. The van der Waals surface area contributed by atoms with Gasteiger partial charge in [-0.25, -0.2) is 14.0 Å². The number of halogens is 1. The van der Waals surface area contributed by atoms with Crippen molar-refractivity contribution in [1.29, 1.82) is 0 Å². The van der Waals surface area contributed by atoms with E-state index in [0.717, 1.165) is 11.1 Å². The summed E-state index contributed by atoms with van der Waals surface area (Å²) in [6.07, 6.45) is 2.83. The van der Waals surface area contributed by atoms with Crippen molar-refractivity contribution in [3.63, 3.8) is 0 Å². The van der Waals surface area contributed by atoms with Crippen LogP contribution < -0.4 is 0 Å². The lowest BCUT2D eigenvalue weighted by Gasteiger charge is -2.05. The van der Waals surface area contributed by atoms with Crippen LogP contribution in [-0.4, -0.2) is 22.2 Å². The summed E-state index contributed by atoms with van der Waals surface area (Å²) in [6.45, 7) is 2.91. The molecular weight excluding hydrogens is 323 g/mol. The van der Waals surface area contributed by atoms with E-state index in [9.17, 15) is 14.0 Å². The van der Waals surface area contributed by atoms with E-state index in [-0.39, 0.29) is 16.7 Å². The lowest BCUT2D eigenvalue weighted by Crippen LogP contribution is -1.96. The molecule has 2 rings (SSSR count). The molecule has 0 aliphatic rings.